The van der Waals surface area contributed by atoms with Crippen LogP contribution in [0, 0.1) is 0 Å². The summed E-state index contributed by atoms with van der Waals surface area (Å²) in [6.45, 7) is 4.84. The summed E-state index contributed by atoms with van der Waals surface area (Å²) in [6, 6.07) is 7.92. The van der Waals surface area contributed by atoms with Gasteiger partial charge in [0.2, 0.25) is 0 Å². The summed E-state index contributed by atoms with van der Waals surface area (Å²) in [6.07, 6.45) is 9.48. The van der Waals surface area contributed by atoms with Crippen molar-refractivity contribution in [1.29, 1.82) is 0 Å². The van der Waals surface area contributed by atoms with Crippen LogP contribution in [-0.4, -0.2) is 30.5 Å². The first-order valence-corrected chi connectivity index (χ1v) is 7.94. The van der Waals surface area contributed by atoms with E-state index in [0.717, 1.165) is 42.6 Å². The van der Waals surface area contributed by atoms with Crippen molar-refractivity contribution < 1.29 is 0 Å². The van der Waals surface area contributed by atoms with Crippen molar-refractivity contribution in [3.05, 3.63) is 59.3 Å². The molecule has 0 bridgehead atoms. The number of hydrogen-bond acceptors (Lipinski definition) is 4. The Balaban J connectivity index is 1.80. The Hall–Kier alpha value is -1.62. The van der Waals surface area contributed by atoms with E-state index in [-0.39, 0.29) is 0 Å². The molecule has 0 aromatic heterocycles. The van der Waals surface area contributed by atoms with Crippen molar-refractivity contribution in [2.45, 2.75) is 19.0 Å². The summed E-state index contributed by atoms with van der Waals surface area (Å²) in [5.74, 6) is 0.892. The van der Waals surface area contributed by atoms with Crippen molar-refractivity contribution in [3.63, 3.8) is 0 Å². The Bertz CT molecular complexity index is 606. The van der Waals surface area contributed by atoms with Crippen molar-refractivity contribution >= 4 is 17.4 Å². The highest BCUT2D eigenvalue weighted by Crippen LogP contribution is 2.24. The molecule has 2 aliphatic heterocycles. The molecule has 1 aromatic rings. The van der Waals surface area contributed by atoms with Crippen molar-refractivity contribution in [3.8, 4) is 0 Å². The van der Waals surface area contributed by atoms with Gasteiger partial charge in [-0.1, -0.05) is 35.9 Å². The molecule has 2 aliphatic rings. The molecular weight excluding hydrogens is 296 g/mol. The monoisotopic (exact) mass is 316 g/mol. The van der Waals surface area contributed by atoms with Gasteiger partial charge in [-0.05, 0) is 37.1 Å². The number of halogens is 1. The zero-order valence-corrected chi connectivity index (χ0v) is 13.5. The molecule has 1 unspecified atom stereocenters. The van der Waals surface area contributed by atoms with Crippen LogP contribution in [0.3, 0.4) is 0 Å². The van der Waals surface area contributed by atoms with Crippen molar-refractivity contribution in [2.24, 2.45) is 4.99 Å². The summed E-state index contributed by atoms with van der Waals surface area (Å²) >= 11 is 6.03. The number of aliphatic imine (C=N–C) groups is 1. The third-order valence-corrected chi connectivity index (χ3v) is 4.25. The number of hydrogen-bond donors (Lipinski definition) is 2. The van der Waals surface area contributed by atoms with Crippen LogP contribution in [0.2, 0.25) is 5.02 Å². The number of rotatable bonds is 4. The summed E-state index contributed by atoms with van der Waals surface area (Å²) in [5.41, 5.74) is 0.673. The standard InChI is InChI=1S/C17H21ClN4/c1-14-19-10-9-17(21-14,15-5-7-16(18)8-6-15)20-13-22-11-3-2-4-12-22/h2-3,5-10,20H,4,11-13H2,1H3,(H,19,21). The SMILES string of the molecule is CC1=NC=CC(NCN2CC=CCC2)(c2ccc(Cl)cc2)N1. The maximum absolute atomic E-state index is 6.03. The van der Waals surface area contributed by atoms with Crippen LogP contribution in [0.5, 0.6) is 0 Å². The van der Waals surface area contributed by atoms with Crippen LogP contribution in [0.4, 0.5) is 0 Å². The second kappa shape index (κ2) is 6.65. The van der Waals surface area contributed by atoms with E-state index in [2.05, 4.69) is 38.8 Å². The molecule has 1 aromatic carbocycles. The van der Waals surface area contributed by atoms with Gasteiger partial charge in [-0.2, -0.15) is 0 Å². The van der Waals surface area contributed by atoms with Crippen molar-refractivity contribution in [2.75, 3.05) is 19.8 Å². The van der Waals surface area contributed by atoms with Gasteiger partial charge in [-0.15, -0.1) is 0 Å². The topological polar surface area (TPSA) is 39.7 Å². The molecule has 0 spiro atoms. The van der Waals surface area contributed by atoms with Gasteiger partial charge in [0, 0.05) is 24.3 Å². The lowest BCUT2D eigenvalue weighted by Crippen LogP contribution is -2.58. The molecule has 0 saturated heterocycles. The zero-order valence-electron chi connectivity index (χ0n) is 12.7. The maximum Gasteiger partial charge on any atom is 0.138 e. The second-order valence-corrected chi connectivity index (χ2v) is 6.08. The molecule has 3 rings (SSSR count). The number of nitrogens with one attached hydrogen (secondary N) is 2. The van der Waals surface area contributed by atoms with E-state index in [1.54, 1.807) is 0 Å². The molecule has 2 heterocycles. The minimum absolute atomic E-state index is 0.447. The number of benzene rings is 1. The average Bonchev–Trinajstić information content (AvgIpc) is 2.55. The third-order valence-electron chi connectivity index (χ3n) is 3.99. The molecule has 0 radical (unpaired) electrons. The summed E-state index contributed by atoms with van der Waals surface area (Å²) in [4.78, 5) is 6.68. The van der Waals surface area contributed by atoms with Gasteiger partial charge in [0.05, 0.1) is 6.67 Å². The summed E-state index contributed by atoms with van der Waals surface area (Å²) in [5, 5.41) is 7.85. The van der Waals surface area contributed by atoms with E-state index in [4.69, 9.17) is 11.6 Å². The van der Waals surface area contributed by atoms with Gasteiger partial charge in [-0.25, -0.2) is 4.99 Å². The quantitative estimate of drug-likeness (QED) is 0.839. The minimum atomic E-state index is -0.447. The predicted molar refractivity (Wildman–Crippen MR) is 91.8 cm³/mol. The molecule has 4 nitrogen and oxygen atoms in total. The second-order valence-electron chi connectivity index (χ2n) is 5.64. The first-order chi connectivity index (χ1) is 10.7. The largest absolute Gasteiger partial charge is 0.349 e. The lowest BCUT2D eigenvalue weighted by Gasteiger charge is -2.38. The van der Waals surface area contributed by atoms with Crippen LogP contribution in [0.25, 0.3) is 0 Å². The molecule has 1 atom stereocenters. The van der Waals surface area contributed by atoms with Crippen LogP contribution in [-0.2, 0) is 5.66 Å². The summed E-state index contributed by atoms with van der Waals surface area (Å²) in [7, 11) is 0. The Kier molecular flexibility index (Phi) is 4.62. The fourth-order valence-corrected chi connectivity index (χ4v) is 2.90. The van der Waals surface area contributed by atoms with Crippen LogP contribution in [0.15, 0.2) is 53.7 Å². The van der Waals surface area contributed by atoms with Gasteiger partial charge in [0.25, 0.3) is 0 Å². The molecule has 0 aliphatic carbocycles. The first-order valence-electron chi connectivity index (χ1n) is 7.57. The summed E-state index contributed by atoms with van der Waals surface area (Å²) < 4.78 is 0. The molecule has 2 N–H and O–H groups in total. The van der Waals surface area contributed by atoms with E-state index in [0.29, 0.717) is 0 Å². The average molecular weight is 317 g/mol. The highest BCUT2D eigenvalue weighted by molar-refractivity contribution is 6.30. The highest BCUT2D eigenvalue weighted by Gasteiger charge is 2.31. The van der Waals surface area contributed by atoms with Crippen molar-refractivity contribution in [1.82, 2.24) is 15.5 Å². The molecule has 116 valence electrons. The smallest absolute Gasteiger partial charge is 0.138 e. The normalized spacial score (nSPS) is 24.9. The lowest BCUT2D eigenvalue weighted by atomic mass is 9.98. The lowest BCUT2D eigenvalue weighted by molar-refractivity contribution is 0.228. The van der Waals surface area contributed by atoms with Gasteiger partial charge in [0.1, 0.15) is 11.5 Å². The minimum Gasteiger partial charge on any atom is -0.349 e. The number of amidine groups is 1. The fraction of sp³-hybridized carbons (Fsp3) is 0.353. The predicted octanol–water partition coefficient (Wildman–Crippen LogP) is 2.84. The van der Waals surface area contributed by atoms with Gasteiger partial charge >= 0.3 is 0 Å². The van der Waals surface area contributed by atoms with E-state index in [9.17, 15) is 0 Å². The molecular formula is C17H21ClN4. The Morgan fingerprint density at radius 2 is 2.14 bits per heavy atom. The Labute approximate surface area is 136 Å². The zero-order chi connectivity index (χ0) is 15.4. The molecule has 0 amide bonds. The first kappa shape index (κ1) is 15.3. The van der Waals surface area contributed by atoms with Crippen LogP contribution in [0.1, 0.15) is 18.9 Å². The maximum atomic E-state index is 6.03. The van der Waals surface area contributed by atoms with Gasteiger partial charge < -0.3 is 5.32 Å². The highest BCUT2D eigenvalue weighted by atomic mass is 35.5. The molecule has 5 heteroatoms. The molecule has 0 saturated carbocycles. The Morgan fingerprint density at radius 3 is 2.82 bits per heavy atom. The van der Waals surface area contributed by atoms with E-state index < -0.39 is 5.66 Å². The fourth-order valence-electron chi connectivity index (χ4n) is 2.78. The van der Waals surface area contributed by atoms with Crippen LogP contribution >= 0.6 is 11.6 Å². The van der Waals surface area contributed by atoms with Gasteiger partial charge in [0.15, 0.2) is 0 Å². The van der Waals surface area contributed by atoms with E-state index >= 15 is 0 Å². The Morgan fingerprint density at radius 1 is 1.32 bits per heavy atom. The van der Waals surface area contributed by atoms with E-state index in [1.165, 1.54) is 0 Å². The third kappa shape index (κ3) is 3.40. The van der Waals surface area contributed by atoms with Gasteiger partial charge in [-0.3, -0.25) is 10.2 Å². The molecule has 0 fully saturated rings. The van der Waals surface area contributed by atoms with Crippen LogP contribution < -0.4 is 10.6 Å². The van der Waals surface area contributed by atoms with E-state index in [1.807, 2.05) is 37.4 Å². The molecule has 22 heavy (non-hydrogen) atoms. The number of nitrogens with zero attached hydrogens (tertiary/aromatic N) is 2.